The summed E-state index contributed by atoms with van der Waals surface area (Å²) in [6.07, 6.45) is 4.95. The molecular formula is C23H27FN6O3. The average molecular weight is 455 g/mol. The number of fused-ring (bicyclic) bond motifs is 1. The minimum absolute atomic E-state index is 0.0889. The molecule has 4 heterocycles. The number of anilines is 1. The van der Waals surface area contributed by atoms with Crippen LogP contribution >= 0.6 is 0 Å². The molecule has 1 amide bonds. The van der Waals surface area contributed by atoms with Gasteiger partial charge in [-0.05, 0) is 37.1 Å². The van der Waals surface area contributed by atoms with E-state index in [4.69, 9.17) is 15.2 Å². The summed E-state index contributed by atoms with van der Waals surface area (Å²) >= 11 is 0. The van der Waals surface area contributed by atoms with Crippen molar-refractivity contribution < 1.29 is 18.7 Å². The lowest BCUT2D eigenvalue weighted by molar-refractivity contribution is 0.0322. The Labute approximate surface area is 190 Å². The van der Waals surface area contributed by atoms with Gasteiger partial charge in [0.05, 0.1) is 25.5 Å². The van der Waals surface area contributed by atoms with Crippen molar-refractivity contribution in [1.29, 1.82) is 0 Å². The molecule has 2 aliphatic heterocycles. The number of carbonyl (C=O) groups is 1. The molecule has 2 aromatic heterocycles. The number of nitrogens with two attached hydrogens (primary N) is 1. The van der Waals surface area contributed by atoms with Gasteiger partial charge in [0.15, 0.2) is 5.65 Å². The fraction of sp³-hybridized carbons (Fsp3) is 0.435. The molecule has 3 aromatic rings. The summed E-state index contributed by atoms with van der Waals surface area (Å²) in [5.41, 5.74) is 6.95. The van der Waals surface area contributed by atoms with Crippen molar-refractivity contribution in [1.82, 2.24) is 19.5 Å². The van der Waals surface area contributed by atoms with Crippen molar-refractivity contribution in [2.24, 2.45) is 5.73 Å². The van der Waals surface area contributed by atoms with Gasteiger partial charge in [-0.1, -0.05) is 0 Å². The number of hydrogen-bond acceptors (Lipinski definition) is 7. The minimum Gasteiger partial charge on any atom is -0.492 e. The van der Waals surface area contributed by atoms with E-state index < -0.39 is 5.91 Å². The zero-order valence-electron chi connectivity index (χ0n) is 18.3. The highest BCUT2D eigenvalue weighted by molar-refractivity contribution is 5.98. The zero-order valence-corrected chi connectivity index (χ0v) is 18.3. The number of hydrogen-bond donors (Lipinski definition) is 1. The van der Waals surface area contributed by atoms with Crippen molar-refractivity contribution in [2.45, 2.75) is 18.9 Å². The third kappa shape index (κ3) is 4.49. The van der Waals surface area contributed by atoms with Crippen LogP contribution in [0.25, 0.3) is 5.65 Å². The Balaban J connectivity index is 1.39. The van der Waals surface area contributed by atoms with E-state index in [2.05, 4.69) is 19.9 Å². The number of amides is 1. The van der Waals surface area contributed by atoms with Crippen molar-refractivity contribution >= 4 is 17.4 Å². The molecule has 10 heteroatoms. The molecule has 0 bridgehead atoms. The van der Waals surface area contributed by atoms with Crippen molar-refractivity contribution in [3.05, 3.63) is 53.6 Å². The first-order valence-corrected chi connectivity index (χ1v) is 11.2. The first kappa shape index (κ1) is 21.6. The van der Waals surface area contributed by atoms with Crippen molar-refractivity contribution in [2.75, 3.05) is 50.9 Å². The Morgan fingerprint density at radius 3 is 2.91 bits per heavy atom. The van der Waals surface area contributed by atoms with E-state index in [0.29, 0.717) is 23.8 Å². The van der Waals surface area contributed by atoms with Gasteiger partial charge in [-0.15, -0.1) is 0 Å². The third-order valence-electron chi connectivity index (χ3n) is 6.27. The van der Waals surface area contributed by atoms with Crippen LogP contribution in [0.1, 0.15) is 34.8 Å². The molecule has 0 saturated carbocycles. The number of nitrogens with zero attached hydrogens (tertiary/aromatic N) is 5. The number of carbonyl (C=O) groups excluding carboxylic acids is 1. The van der Waals surface area contributed by atoms with E-state index in [9.17, 15) is 9.18 Å². The van der Waals surface area contributed by atoms with Crippen molar-refractivity contribution in [3.63, 3.8) is 0 Å². The highest BCUT2D eigenvalue weighted by Gasteiger charge is 2.30. The van der Waals surface area contributed by atoms with E-state index in [1.165, 1.54) is 16.8 Å². The van der Waals surface area contributed by atoms with Gasteiger partial charge in [0, 0.05) is 37.9 Å². The SMILES string of the molecule is NC(=O)c1cnn2ccc(N3CCCC3c3cc(F)ccc3OCCN3CCOCC3)nc12. The minimum atomic E-state index is -0.575. The maximum absolute atomic E-state index is 14.3. The summed E-state index contributed by atoms with van der Waals surface area (Å²) in [7, 11) is 0. The number of ether oxygens (including phenoxy) is 2. The average Bonchev–Trinajstić information content (AvgIpc) is 3.47. The molecule has 5 rings (SSSR count). The number of aromatic nitrogens is 3. The molecule has 9 nitrogen and oxygen atoms in total. The predicted octanol–water partition coefficient (Wildman–Crippen LogP) is 2.02. The molecule has 174 valence electrons. The normalized spacial score (nSPS) is 19.3. The molecular weight excluding hydrogens is 427 g/mol. The summed E-state index contributed by atoms with van der Waals surface area (Å²) in [6, 6.07) is 6.46. The van der Waals surface area contributed by atoms with Gasteiger partial charge < -0.3 is 20.1 Å². The fourth-order valence-corrected chi connectivity index (χ4v) is 4.58. The molecule has 0 spiro atoms. The van der Waals surface area contributed by atoms with Gasteiger partial charge in [0.2, 0.25) is 0 Å². The monoisotopic (exact) mass is 454 g/mol. The van der Waals surface area contributed by atoms with Crippen LogP contribution in [0.15, 0.2) is 36.7 Å². The first-order valence-electron chi connectivity index (χ1n) is 11.2. The standard InChI is InChI=1S/C23H27FN6O3/c24-16-3-4-20(33-13-10-28-8-11-32-12-9-28)17(14-16)19-2-1-6-29(19)21-5-7-30-23(27-21)18(15-26-30)22(25)31/h3-5,7,14-15,19H,1-2,6,8-13H2,(H2,25,31). The van der Waals surface area contributed by atoms with Gasteiger partial charge in [0.25, 0.3) is 5.91 Å². The van der Waals surface area contributed by atoms with Crippen LogP contribution < -0.4 is 15.4 Å². The Bertz CT molecular complexity index is 1150. The fourth-order valence-electron chi connectivity index (χ4n) is 4.58. The van der Waals surface area contributed by atoms with E-state index in [-0.39, 0.29) is 17.4 Å². The van der Waals surface area contributed by atoms with Crippen LogP contribution in [0, 0.1) is 5.82 Å². The lowest BCUT2D eigenvalue weighted by Crippen LogP contribution is -2.38. The van der Waals surface area contributed by atoms with Crippen LogP contribution in [0.4, 0.5) is 10.2 Å². The smallest absolute Gasteiger partial charge is 0.254 e. The number of benzene rings is 1. The van der Waals surface area contributed by atoms with Gasteiger partial charge >= 0.3 is 0 Å². The van der Waals surface area contributed by atoms with Gasteiger partial charge in [0.1, 0.15) is 29.6 Å². The largest absolute Gasteiger partial charge is 0.492 e. The molecule has 33 heavy (non-hydrogen) atoms. The molecule has 0 aliphatic carbocycles. The Hall–Kier alpha value is -3.24. The summed E-state index contributed by atoms with van der Waals surface area (Å²) in [5, 5.41) is 4.14. The Morgan fingerprint density at radius 1 is 1.24 bits per heavy atom. The van der Waals surface area contributed by atoms with Crippen LogP contribution in [0.5, 0.6) is 5.75 Å². The molecule has 2 fully saturated rings. The van der Waals surface area contributed by atoms with E-state index >= 15 is 0 Å². The second-order valence-electron chi connectivity index (χ2n) is 8.31. The molecule has 2 saturated heterocycles. The lowest BCUT2D eigenvalue weighted by Gasteiger charge is -2.29. The quantitative estimate of drug-likeness (QED) is 0.583. The van der Waals surface area contributed by atoms with Gasteiger partial charge in [-0.25, -0.2) is 13.9 Å². The Morgan fingerprint density at radius 2 is 2.09 bits per heavy atom. The second-order valence-corrected chi connectivity index (χ2v) is 8.31. The second kappa shape index (κ2) is 9.32. The summed E-state index contributed by atoms with van der Waals surface area (Å²) in [5.74, 6) is 0.502. The van der Waals surface area contributed by atoms with Crippen LogP contribution in [-0.2, 0) is 4.74 Å². The molecule has 1 unspecified atom stereocenters. The summed E-state index contributed by atoms with van der Waals surface area (Å²) < 4.78 is 27.3. The van der Waals surface area contributed by atoms with Crippen molar-refractivity contribution in [3.8, 4) is 5.75 Å². The van der Waals surface area contributed by atoms with E-state index in [0.717, 1.165) is 57.8 Å². The third-order valence-corrected chi connectivity index (χ3v) is 6.27. The lowest BCUT2D eigenvalue weighted by atomic mass is 10.0. The van der Waals surface area contributed by atoms with Gasteiger partial charge in [-0.2, -0.15) is 5.10 Å². The molecule has 0 radical (unpaired) electrons. The molecule has 1 aromatic carbocycles. The topological polar surface area (TPSA) is 98.2 Å². The highest BCUT2D eigenvalue weighted by Crippen LogP contribution is 2.39. The maximum atomic E-state index is 14.3. The van der Waals surface area contributed by atoms with Crippen LogP contribution in [-0.4, -0.2) is 71.4 Å². The Kier molecular flexibility index (Phi) is 6.10. The van der Waals surface area contributed by atoms with E-state index in [1.54, 1.807) is 18.3 Å². The zero-order chi connectivity index (χ0) is 22.8. The number of morpholine rings is 1. The molecule has 1 atom stereocenters. The van der Waals surface area contributed by atoms with Gasteiger partial charge in [-0.3, -0.25) is 9.69 Å². The highest BCUT2D eigenvalue weighted by atomic mass is 19.1. The van der Waals surface area contributed by atoms with Crippen LogP contribution in [0.2, 0.25) is 0 Å². The number of rotatable bonds is 7. The molecule has 2 aliphatic rings. The van der Waals surface area contributed by atoms with E-state index in [1.807, 2.05) is 6.07 Å². The van der Waals surface area contributed by atoms with Crippen LogP contribution in [0.3, 0.4) is 0 Å². The number of halogens is 1. The maximum Gasteiger partial charge on any atom is 0.254 e. The molecule has 2 N–H and O–H groups in total. The summed E-state index contributed by atoms with van der Waals surface area (Å²) in [6.45, 7) is 5.35. The predicted molar refractivity (Wildman–Crippen MR) is 120 cm³/mol. The first-order chi connectivity index (χ1) is 16.1. The summed E-state index contributed by atoms with van der Waals surface area (Å²) in [4.78, 5) is 20.8. The number of primary amides is 1.